The number of aryl methyl sites for hydroxylation is 2. The average Bonchev–Trinajstić information content (AvgIpc) is 3.25. The molecule has 2 aromatic heterocycles. The van der Waals surface area contributed by atoms with E-state index in [1.807, 2.05) is 5.38 Å². The summed E-state index contributed by atoms with van der Waals surface area (Å²) in [5.74, 6) is -0.197. The summed E-state index contributed by atoms with van der Waals surface area (Å²) < 4.78 is 8.31. The molecule has 0 radical (unpaired) electrons. The first-order chi connectivity index (χ1) is 12.1. The second kappa shape index (κ2) is 6.34. The molecule has 0 saturated heterocycles. The summed E-state index contributed by atoms with van der Waals surface area (Å²) in [7, 11) is 0. The van der Waals surface area contributed by atoms with Crippen LogP contribution in [0.2, 0.25) is 0 Å². The number of carbonyl (C=O) groups is 1. The molecule has 4 aromatic rings. The van der Waals surface area contributed by atoms with E-state index in [4.69, 9.17) is 0 Å². The maximum atomic E-state index is 12.5. The van der Waals surface area contributed by atoms with E-state index in [-0.39, 0.29) is 5.91 Å². The van der Waals surface area contributed by atoms with Crippen molar-refractivity contribution < 1.29 is 4.79 Å². The Labute approximate surface area is 152 Å². The molecule has 0 unspecified atom stereocenters. The first-order valence-electron chi connectivity index (χ1n) is 7.67. The van der Waals surface area contributed by atoms with Crippen molar-refractivity contribution in [3.05, 3.63) is 58.5 Å². The standard InChI is InChI=1S/C18H14N4OS2/c1-10-3-4-11(2)13(7-10)16-9-24-18(19-16)20-17(23)12-5-6-14-15(8-12)22-25-21-14/h3-9H,1-2H3,(H,19,20,23). The number of amides is 1. The molecule has 2 aromatic carbocycles. The summed E-state index contributed by atoms with van der Waals surface area (Å²) in [6.07, 6.45) is 0. The van der Waals surface area contributed by atoms with E-state index in [0.29, 0.717) is 10.7 Å². The second-order valence-corrected chi connectivity index (χ2v) is 7.16. The van der Waals surface area contributed by atoms with Crippen LogP contribution in [0, 0.1) is 13.8 Å². The number of nitrogens with zero attached hydrogens (tertiary/aromatic N) is 3. The van der Waals surface area contributed by atoms with Crippen molar-refractivity contribution in [1.29, 1.82) is 0 Å². The number of benzene rings is 2. The maximum absolute atomic E-state index is 12.5. The monoisotopic (exact) mass is 366 g/mol. The molecule has 4 rings (SSSR count). The van der Waals surface area contributed by atoms with Gasteiger partial charge < -0.3 is 0 Å². The van der Waals surface area contributed by atoms with Crippen LogP contribution in [0.1, 0.15) is 21.5 Å². The van der Waals surface area contributed by atoms with Gasteiger partial charge in [-0.3, -0.25) is 10.1 Å². The third-order valence-electron chi connectivity index (χ3n) is 3.91. The summed E-state index contributed by atoms with van der Waals surface area (Å²) >= 11 is 2.56. The van der Waals surface area contributed by atoms with Crippen LogP contribution in [-0.4, -0.2) is 19.6 Å². The fraction of sp³-hybridized carbons (Fsp3) is 0.111. The van der Waals surface area contributed by atoms with E-state index in [0.717, 1.165) is 39.6 Å². The van der Waals surface area contributed by atoms with E-state index in [2.05, 4.69) is 51.1 Å². The van der Waals surface area contributed by atoms with Gasteiger partial charge in [-0.15, -0.1) is 11.3 Å². The van der Waals surface area contributed by atoms with Gasteiger partial charge in [0.15, 0.2) is 5.13 Å². The molecular weight excluding hydrogens is 352 g/mol. The Morgan fingerprint density at radius 2 is 1.88 bits per heavy atom. The van der Waals surface area contributed by atoms with E-state index in [1.54, 1.807) is 18.2 Å². The minimum atomic E-state index is -0.197. The SMILES string of the molecule is Cc1ccc(C)c(-c2csc(NC(=O)c3ccc4nsnc4c3)n2)c1. The van der Waals surface area contributed by atoms with Crippen molar-refractivity contribution in [3.8, 4) is 11.3 Å². The molecule has 0 spiro atoms. The first-order valence-corrected chi connectivity index (χ1v) is 9.28. The average molecular weight is 366 g/mol. The molecule has 0 fully saturated rings. The molecular formula is C18H14N4OS2. The number of hydrogen-bond acceptors (Lipinski definition) is 6. The number of anilines is 1. The van der Waals surface area contributed by atoms with Crippen molar-refractivity contribution in [2.45, 2.75) is 13.8 Å². The van der Waals surface area contributed by atoms with Crippen LogP contribution < -0.4 is 5.32 Å². The van der Waals surface area contributed by atoms with Crippen LogP contribution in [0.3, 0.4) is 0 Å². The molecule has 124 valence electrons. The van der Waals surface area contributed by atoms with Gasteiger partial charge in [-0.05, 0) is 43.7 Å². The number of nitrogens with one attached hydrogen (secondary N) is 1. The molecule has 0 aliphatic heterocycles. The van der Waals surface area contributed by atoms with Crippen molar-refractivity contribution in [2.75, 3.05) is 5.32 Å². The van der Waals surface area contributed by atoms with Gasteiger partial charge in [-0.25, -0.2) is 4.98 Å². The minimum absolute atomic E-state index is 0.197. The van der Waals surface area contributed by atoms with E-state index in [1.165, 1.54) is 16.9 Å². The number of rotatable bonds is 3. The highest BCUT2D eigenvalue weighted by molar-refractivity contribution is 7.14. The molecule has 0 aliphatic carbocycles. The van der Waals surface area contributed by atoms with Crippen LogP contribution in [0.5, 0.6) is 0 Å². The molecule has 0 aliphatic rings. The normalized spacial score (nSPS) is 11.0. The molecule has 0 bridgehead atoms. The zero-order valence-corrected chi connectivity index (χ0v) is 15.2. The number of thiazole rings is 1. The number of aromatic nitrogens is 3. The Bertz CT molecular complexity index is 1080. The van der Waals surface area contributed by atoms with Crippen LogP contribution in [-0.2, 0) is 0 Å². The lowest BCUT2D eigenvalue weighted by molar-refractivity contribution is 0.102. The summed E-state index contributed by atoms with van der Waals surface area (Å²) in [4.78, 5) is 17.0. The van der Waals surface area contributed by atoms with Crippen LogP contribution in [0.25, 0.3) is 22.3 Å². The predicted molar refractivity (Wildman–Crippen MR) is 102 cm³/mol. The Balaban J connectivity index is 1.58. The third-order valence-corrected chi connectivity index (χ3v) is 5.22. The summed E-state index contributed by atoms with van der Waals surface area (Å²) in [5, 5.41) is 5.41. The highest BCUT2D eigenvalue weighted by Gasteiger charge is 2.12. The third kappa shape index (κ3) is 3.16. The lowest BCUT2D eigenvalue weighted by Gasteiger charge is -2.04. The van der Waals surface area contributed by atoms with Gasteiger partial charge in [0.25, 0.3) is 5.91 Å². The van der Waals surface area contributed by atoms with Crippen LogP contribution in [0.4, 0.5) is 5.13 Å². The maximum Gasteiger partial charge on any atom is 0.257 e. The summed E-state index contributed by atoms with van der Waals surface area (Å²) in [6, 6.07) is 11.6. The second-order valence-electron chi connectivity index (χ2n) is 5.78. The molecule has 1 amide bonds. The quantitative estimate of drug-likeness (QED) is 0.571. The highest BCUT2D eigenvalue weighted by atomic mass is 32.1. The van der Waals surface area contributed by atoms with Crippen molar-refractivity contribution >= 4 is 45.1 Å². The molecule has 2 heterocycles. The van der Waals surface area contributed by atoms with Crippen LogP contribution in [0.15, 0.2) is 41.8 Å². The van der Waals surface area contributed by atoms with Crippen molar-refractivity contribution in [2.24, 2.45) is 0 Å². The Morgan fingerprint density at radius 1 is 1.04 bits per heavy atom. The molecule has 25 heavy (non-hydrogen) atoms. The van der Waals surface area contributed by atoms with Gasteiger partial charge >= 0.3 is 0 Å². The molecule has 0 saturated carbocycles. The zero-order chi connectivity index (χ0) is 17.4. The summed E-state index contributed by atoms with van der Waals surface area (Å²) in [5.41, 5.74) is 6.39. The topological polar surface area (TPSA) is 67.8 Å². The van der Waals surface area contributed by atoms with Crippen molar-refractivity contribution in [1.82, 2.24) is 13.7 Å². The highest BCUT2D eigenvalue weighted by Crippen LogP contribution is 2.28. The van der Waals surface area contributed by atoms with E-state index < -0.39 is 0 Å². The molecule has 0 atom stereocenters. The van der Waals surface area contributed by atoms with Gasteiger partial charge in [0.2, 0.25) is 0 Å². The Morgan fingerprint density at radius 3 is 2.76 bits per heavy atom. The number of fused-ring (bicyclic) bond motifs is 1. The van der Waals surface area contributed by atoms with Gasteiger partial charge in [-0.2, -0.15) is 8.75 Å². The van der Waals surface area contributed by atoms with Gasteiger partial charge in [0.1, 0.15) is 11.0 Å². The Kier molecular flexibility index (Phi) is 4.03. The predicted octanol–water partition coefficient (Wildman–Crippen LogP) is 4.68. The van der Waals surface area contributed by atoms with Crippen LogP contribution >= 0.6 is 23.1 Å². The summed E-state index contributed by atoms with van der Waals surface area (Å²) in [6.45, 7) is 4.12. The van der Waals surface area contributed by atoms with Gasteiger partial charge in [0, 0.05) is 16.5 Å². The van der Waals surface area contributed by atoms with Crippen molar-refractivity contribution in [3.63, 3.8) is 0 Å². The van der Waals surface area contributed by atoms with Gasteiger partial charge in [0.05, 0.1) is 17.4 Å². The first kappa shape index (κ1) is 15.9. The Hall–Kier alpha value is -2.64. The smallest absolute Gasteiger partial charge is 0.257 e. The number of carbonyl (C=O) groups excluding carboxylic acids is 1. The largest absolute Gasteiger partial charge is 0.298 e. The van der Waals surface area contributed by atoms with Gasteiger partial charge in [-0.1, -0.05) is 17.7 Å². The molecule has 7 heteroatoms. The zero-order valence-electron chi connectivity index (χ0n) is 13.6. The van der Waals surface area contributed by atoms with E-state index in [9.17, 15) is 4.79 Å². The fourth-order valence-corrected chi connectivity index (χ4v) is 3.78. The molecule has 1 N–H and O–H groups in total. The fourth-order valence-electron chi connectivity index (χ4n) is 2.56. The lowest BCUT2D eigenvalue weighted by Crippen LogP contribution is -2.11. The van der Waals surface area contributed by atoms with E-state index >= 15 is 0 Å². The molecule has 5 nitrogen and oxygen atoms in total. The number of hydrogen-bond donors (Lipinski definition) is 1. The lowest BCUT2D eigenvalue weighted by atomic mass is 10.0. The minimum Gasteiger partial charge on any atom is -0.298 e.